The summed E-state index contributed by atoms with van der Waals surface area (Å²) in [5.41, 5.74) is 6.05. The van der Waals surface area contributed by atoms with Crippen molar-refractivity contribution in [2.45, 2.75) is 33.6 Å². The molecule has 1 amide bonds. The van der Waals surface area contributed by atoms with E-state index in [1.54, 1.807) is 6.08 Å². The second-order valence-electron chi connectivity index (χ2n) is 4.35. The van der Waals surface area contributed by atoms with E-state index in [2.05, 4.69) is 27.4 Å². The molecule has 2 N–H and O–H groups in total. The number of hydrogen-bond donors (Lipinski definition) is 1. The molecule has 0 aromatic rings. The maximum atomic E-state index is 10.9. The Balaban J connectivity index is 4.37. The van der Waals surface area contributed by atoms with Crippen molar-refractivity contribution >= 4 is 5.91 Å². The van der Waals surface area contributed by atoms with Crippen LogP contribution >= 0.6 is 0 Å². The summed E-state index contributed by atoms with van der Waals surface area (Å²) in [7, 11) is 0. The summed E-state index contributed by atoms with van der Waals surface area (Å²) in [5.74, 6) is -0.343. The van der Waals surface area contributed by atoms with E-state index >= 15 is 0 Å². The van der Waals surface area contributed by atoms with E-state index in [0.717, 1.165) is 6.42 Å². The third-order valence-corrected chi connectivity index (χ3v) is 1.64. The predicted molar refractivity (Wildman–Crippen MR) is 56.2 cm³/mol. The van der Waals surface area contributed by atoms with Gasteiger partial charge in [-0.15, -0.1) is 6.58 Å². The molecule has 0 unspecified atom stereocenters. The van der Waals surface area contributed by atoms with Crippen LogP contribution in [0.5, 0.6) is 0 Å². The zero-order valence-corrected chi connectivity index (χ0v) is 8.76. The lowest BCUT2D eigenvalue weighted by Gasteiger charge is -2.15. The fourth-order valence-electron chi connectivity index (χ4n) is 0.869. The minimum Gasteiger partial charge on any atom is -0.366 e. The molecule has 0 spiro atoms. The Morgan fingerprint density at radius 1 is 1.46 bits per heavy atom. The average molecular weight is 181 g/mol. The molecule has 0 aromatic heterocycles. The van der Waals surface area contributed by atoms with Crippen LogP contribution in [0.15, 0.2) is 24.3 Å². The summed E-state index contributed by atoms with van der Waals surface area (Å²) in [5, 5.41) is 0. The molecule has 2 nitrogen and oxygen atoms in total. The van der Waals surface area contributed by atoms with Gasteiger partial charge in [0.25, 0.3) is 0 Å². The van der Waals surface area contributed by atoms with E-state index in [1.165, 1.54) is 0 Å². The van der Waals surface area contributed by atoms with E-state index < -0.39 is 0 Å². The number of carbonyl (C=O) groups is 1. The average Bonchev–Trinajstić information content (AvgIpc) is 1.95. The minimum atomic E-state index is -0.343. The van der Waals surface area contributed by atoms with Crippen molar-refractivity contribution in [3.63, 3.8) is 0 Å². The third kappa shape index (κ3) is 6.14. The molecule has 13 heavy (non-hydrogen) atoms. The van der Waals surface area contributed by atoms with Crippen LogP contribution < -0.4 is 5.73 Å². The van der Waals surface area contributed by atoms with Gasteiger partial charge < -0.3 is 5.73 Å². The molecule has 0 aliphatic carbocycles. The van der Waals surface area contributed by atoms with E-state index in [0.29, 0.717) is 12.0 Å². The summed E-state index contributed by atoms with van der Waals surface area (Å²) in [4.78, 5) is 10.9. The smallest absolute Gasteiger partial charge is 0.244 e. The van der Waals surface area contributed by atoms with Crippen LogP contribution in [0.25, 0.3) is 0 Å². The highest BCUT2D eigenvalue weighted by Gasteiger charge is 2.09. The van der Waals surface area contributed by atoms with Crippen LogP contribution in [0.2, 0.25) is 0 Å². The van der Waals surface area contributed by atoms with Gasteiger partial charge in [-0.3, -0.25) is 4.79 Å². The SMILES string of the molecule is C=CCC(=CCC(C)(C)C)C(N)=O. The van der Waals surface area contributed by atoms with E-state index in [-0.39, 0.29) is 11.3 Å². The number of carbonyl (C=O) groups excluding carboxylic acids is 1. The highest BCUT2D eigenvalue weighted by Crippen LogP contribution is 2.20. The molecule has 0 rings (SSSR count). The maximum Gasteiger partial charge on any atom is 0.244 e. The second kappa shape index (κ2) is 4.85. The normalized spacial score (nSPS) is 12.7. The van der Waals surface area contributed by atoms with Crippen LogP contribution in [0.3, 0.4) is 0 Å². The largest absolute Gasteiger partial charge is 0.366 e. The lowest BCUT2D eigenvalue weighted by Crippen LogP contribution is -2.14. The van der Waals surface area contributed by atoms with Crippen molar-refractivity contribution in [1.82, 2.24) is 0 Å². The van der Waals surface area contributed by atoms with E-state index in [9.17, 15) is 4.79 Å². The van der Waals surface area contributed by atoms with Gasteiger partial charge >= 0.3 is 0 Å². The Morgan fingerprint density at radius 3 is 2.31 bits per heavy atom. The number of primary amides is 1. The van der Waals surface area contributed by atoms with Crippen LogP contribution in [0.1, 0.15) is 33.6 Å². The van der Waals surface area contributed by atoms with E-state index in [4.69, 9.17) is 5.73 Å². The molecule has 74 valence electrons. The summed E-state index contributed by atoms with van der Waals surface area (Å²) < 4.78 is 0. The maximum absolute atomic E-state index is 10.9. The highest BCUT2D eigenvalue weighted by atomic mass is 16.1. The Kier molecular flexibility index (Phi) is 4.46. The lowest BCUT2D eigenvalue weighted by molar-refractivity contribution is -0.114. The topological polar surface area (TPSA) is 43.1 Å². The molecule has 2 heteroatoms. The number of amides is 1. The van der Waals surface area contributed by atoms with Gasteiger partial charge in [-0.1, -0.05) is 32.9 Å². The molecular weight excluding hydrogens is 162 g/mol. The zero-order chi connectivity index (χ0) is 10.5. The van der Waals surface area contributed by atoms with Gasteiger partial charge in [-0.25, -0.2) is 0 Å². The molecule has 0 aromatic carbocycles. The van der Waals surface area contributed by atoms with Gasteiger partial charge in [0.1, 0.15) is 0 Å². The quantitative estimate of drug-likeness (QED) is 0.525. The Hall–Kier alpha value is -1.05. The lowest BCUT2D eigenvalue weighted by atomic mass is 9.91. The standard InChI is InChI=1S/C11H19NO/c1-5-6-9(10(12)13)7-8-11(2,3)4/h5,7H,1,6,8H2,2-4H3,(H2,12,13). The Morgan fingerprint density at radius 2 is 2.00 bits per heavy atom. The van der Waals surface area contributed by atoms with E-state index in [1.807, 2.05) is 6.08 Å². The van der Waals surface area contributed by atoms with Crippen molar-refractivity contribution in [1.29, 1.82) is 0 Å². The Bertz CT molecular complexity index is 221. The van der Waals surface area contributed by atoms with Gasteiger partial charge in [0.05, 0.1) is 0 Å². The molecule has 0 bridgehead atoms. The van der Waals surface area contributed by atoms with Crippen molar-refractivity contribution in [3.8, 4) is 0 Å². The fourth-order valence-corrected chi connectivity index (χ4v) is 0.869. The molecule has 0 aliphatic rings. The first-order valence-corrected chi connectivity index (χ1v) is 4.46. The minimum absolute atomic E-state index is 0.196. The first-order valence-electron chi connectivity index (χ1n) is 4.46. The molecule has 0 fully saturated rings. The van der Waals surface area contributed by atoms with Crippen LogP contribution in [0.4, 0.5) is 0 Å². The van der Waals surface area contributed by atoms with Gasteiger partial charge in [0, 0.05) is 5.57 Å². The summed E-state index contributed by atoms with van der Waals surface area (Å²) in [6.07, 6.45) is 5.02. The number of allylic oxidation sites excluding steroid dienone is 2. The van der Waals surface area contributed by atoms with Gasteiger partial charge in [-0.2, -0.15) is 0 Å². The number of rotatable bonds is 4. The van der Waals surface area contributed by atoms with Gasteiger partial charge in [0.15, 0.2) is 0 Å². The molecule has 0 radical (unpaired) electrons. The Labute approximate surface area is 80.5 Å². The van der Waals surface area contributed by atoms with Crippen molar-refractivity contribution in [3.05, 3.63) is 24.3 Å². The van der Waals surface area contributed by atoms with Crippen LogP contribution in [-0.4, -0.2) is 5.91 Å². The summed E-state index contributed by atoms with van der Waals surface area (Å²) >= 11 is 0. The molecule has 0 atom stereocenters. The predicted octanol–water partition coefficient (Wildman–Crippen LogP) is 2.41. The fraction of sp³-hybridized carbons (Fsp3) is 0.545. The van der Waals surface area contributed by atoms with Crippen LogP contribution in [-0.2, 0) is 4.79 Å². The summed E-state index contributed by atoms with van der Waals surface area (Å²) in [6, 6.07) is 0. The monoisotopic (exact) mass is 181 g/mol. The molecule has 0 aliphatic heterocycles. The first kappa shape index (κ1) is 11.9. The third-order valence-electron chi connectivity index (χ3n) is 1.64. The molecule has 0 saturated heterocycles. The summed E-state index contributed by atoms with van der Waals surface area (Å²) in [6.45, 7) is 9.94. The van der Waals surface area contributed by atoms with Gasteiger partial charge in [-0.05, 0) is 18.3 Å². The highest BCUT2D eigenvalue weighted by molar-refractivity contribution is 5.92. The number of hydrogen-bond acceptors (Lipinski definition) is 1. The van der Waals surface area contributed by atoms with Crippen LogP contribution in [0, 0.1) is 5.41 Å². The number of nitrogens with two attached hydrogens (primary N) is 1. The van der Waals surface area contributed by atoms with Crippen molar-refractivity contribution in [2.75, 3.05) is 0 Å². The van der Waals surface area contributed by atoms with Crippen molar-refractivity contribution in [2.24, 2.45) is 11.1 Å². The van der Waals surface area contributed by atoms with Crippen molar-refractivity contribution < 1.29 is 4.79 Å². The first-order chi connectivity index (χ1) is 5.87. The van der Waals surface area contributed by atoms with Gasteiger partial charge in [0.2, 0.25) is 5.91 Å². The molecule has 0 heterocycles. The second-order valence-corrected chi connectivity index (χ2v) is 4.35. The molecule has 0 saturated carbocycles. The zero-order valence-electron chi connectivity index (χ0n) is 8.76. The molecular formula is C11H19NO.